The van der Waals surface area contributed by atoms with Crippen molar-refractivity contribution < 1.29 is 0 Å². The van der Waals surface area contributed by atoms with Gasteiger partial charge in [-0.3, -0.25) is 9.98 Å². The fourth-order valence-electron chi connectivity index (χ4n) is 1.11. The Kier molecular flexibility index (Phi) is 4.05. The number of aliphatic imine (C=N–C) groups is 2. The molecule has 1 aromatic carbocycles. The molecule has 0 fully saturated rings. The van der Waals surface area contributed by atoms with Crippen molar-refractivity contribution in [1.29, 1.82) is 0 Å². The summed E-state index contributed by atoms with van der Waals surface area (Å²) in [5.74, 6) is 0. The summed E-state index contributed by atoms with van der Waals surface area (Å²) in [6, 6.07) is 8.29. The first-order valence-electron chi connectivity index (χ1n) is 4.71. The first kappa shape index (κ1) is 10.6. The maximum Gasteiger partial charge on any atom is 0.0638 e. The molecule has 2 heteroatoms. The van der Waals surface area contributed by atoms with E-state index >= 15 is 0 Å². The Morgan fingerprint density at radius 2 is 1.86 bits per heavy atom. The smallest absolute Gasteiger partial charge is 0.0638 e. The minimum Gasteiger partial charge on any atom is -0.296 e. The Bertz CT molecular complexity index is 330. The molecule has 0 spiro atoms. The summed E-state index contributed by atoms with van der Waals surface area (Å²) in [6.45, 7) is 4.79. The third kappa shape index (κ3) is 3.52. The Balaban J connectivity index is 2.69. The second kappa shape index (κ2) is 5.32. The molecule has 1 rings (SSSR count). The maximum atomic E-state index is 4.35. The summed E-state index contributed by atoms with van der Waals surface area (Å²) < 4.78 is 0. The minimum atomic E-state index is 0.770. The van der Waals surface area contributed by atoms with Crippen molar-refractivity contribution in [3.8, 4) is 0 Å². The van der Waals surface area contributed by atoms with Gasteiger partial charge in [-0.2, -0.15) is 0 Å². The van der Waals surface area contributed by atoms with Crippen molar-refractivity contribution in [1.82, 2.24) is 0 Å². The van der Waals surface area contributed by atoms with Crippen LogP contribution in [0.15, 0.2) is 34.3 Å². The molecule has 0 aliphatic heterocycles. The SMILES string of the molecule is CN=Cc1ccc(CN=C(C)C)cc1. The number of rotatable bonds is 3. The van der Waals surface area contributed by atoms with Crippen LogP contribution in [-0.2, 0) is 6.54 Å². The number of hydrogen-bond donors (Lipinski definition) is 0. The van der Waals surface area contributed by atoms with E-state index < -0.39 is 0 Å². The van der Waals surface area contributed by atoms with Crippen LogP contribution in [0, 0.1) is 0 Å². The first-order valence-corrected chi connectivity index (χ1v) is 4.71. The van der Waals surface area contributed by atoms with Gasteiger partial charge in [0, 0.05) is 19.0 Å². The van der Waals surface area contributed by atoms with Crippen molar-refractivity contribution in [3.63, 3.8) is 0 Å². The monoisotopic (exact) mass is 188 g/mol. The van der Waals surface area contributed by atoms with E-state index in [9.17, 15) is 0 Å². The Morgan fingerprint density at radius 3 is 2.36 bits per heavy atom. The average Bonchev–Trinajstić information content (AvgIpc) is 2.17. The highest BCUT2D eigenvalue weighted by molar-refractivity contribution is 5.80. The number of nitrogens with zero attached hydrogens (tertiary/aromatic N) is 2. The highest BCUT2D eigenvalue weighted by atomic mass is 14.7. The molecule has 2 nitrogen and oxygen atoms in total. The lowest BCUT2D eigenvalue weighted by atomic mass is 10.1. The Morgan fingerprint density at radius 1 is 1.21 bits per heavy atom. The van der Waals surface area contributed by atoms with Gasteiger partial charge in [-0.1, -0.05) is 24.3 Å². The molecule has 0 unspecified atom stereocenters. The van der Waals surface area contributed by atoms with Gasteiger partial charge in [-0.25, -0.2) is 0 Å². The fraction of sp³-hybridized carbons (Fsp3) is 0.333. The zero-order valence-electron chi connectivity index (χ0n) is 8.99. The van der Waals surface area contributed by atoms with Crippen molar-refractivity contribution in [2.75, 3.05) is 7.05 Å². The van der Waals surface area contributed by atoms with E-state index in [1.165, 1.54) is 5.56 Å². The third-order valence-electron chi connectivity index (χ3n) is 1.84. The lowest BCUT2D eigenvalue weighted by molar-refractivity contribution is 1.06. The molecule has 0 saturated carbocycles. The van der Waals surface area contributed by atoms with Gasteiger partial charge in [-0.15, -0.1) is 0 Å². The highest BCUT2D eigenvalue weighted by Crippen LogP contribution is 2.04. The van der Waals surface area contributed by atoms with Crippen LogP contribution in [-0.4, -0.2) is 19.0 Å². The molecular formula is C12H16N2. The van der Waals surface area contributed by atoms with Gasteiger partial charge in [0.25, 0.3) is 0 Å². The Hall–Kier alpha value is -1.44. The van der Waals surface area contributed by atoms with Gasteiger partial charge in [-0.05, 0) is 25.0 Å². The zero-order chi connectivity index (χ0) is 10.4. The first-order chi connectivity index (χ1) is 6.72. The molecule has 1 aromatic rings. The number of benzene rings is 1. The summed E-state index contributed by atoms with van der Waals surface area (Å²) in [4.78, 5) is 8.31. The van der Waals surface area contributed by atoms with Gasteiger partial charge in [0.1, 0.15) is 0 Å². The molecule has 0 atom stereocenters. The van der Waals surface area contributed by atoms with Crippen molar-refractivity contribution >= 4 is 11.9 Å². The van der Waals surface area contributed by atoms with E-state index in [-0.39, 0.29) is 0 Å². The van der Waals surface area contributed by atoms with Gasteiger partial charge >= 0.3 is 0 Å². The van der Waals surface area contributed by atoms with Gasteiger partial charge in [0.2, 0.25) is 0 Å². The van der Waals surface area contributed by atoms with E-state index in [1.807, 2.05) is 20.1 Å². The largest absolute Gasteiger partial charge is 0.296 e. The second-order valence-electron chi connectivity index (χ2n) is 3.39. The predicted octanol–water partition coefficient (Wildman–Crippen LogP) is 2.72. The van der Waals surface area contributed by atoms with E-state index in [4.69, 9.17) is 0 Å². The lowest BCUT2D eigenvalue weighted by Crippen LogP contribution is -1.87. The standard InChI is InChI=1S/C12H16N2/c1-10(2)14-9-12-6-4-11(5-7-12)8-13-3/h4-8H,9H2,1-3H3. The summed E-state index contributed by atoms with van der Waals surface area (Å²) in [5.41, 5.74) is 3.48. The zero-order valence-corrected chi connectivity index (χ0v) is 8.99. The molecule has 0 bridgehead atoms. The van der Waals surface area contributed by atoms with Gasteiger partial charge < -0.3 is 0 Å². The van der Waals surface area contributed by atoms with Gasteiger partial charge in [0.05, 0.1) is 6.54 Å². The Labute approximate surface area is 85.4 Å². The number of hydrogen-bond acceptors (Lipinski definition) is 2. The maximum absolute atomic E-state index is 4.35. The van der Waals surface area contributed by atoms with E-state index in [2.05, 4.69) is 34.3 Å². The summed E-state index contributed by atoms with van der Waals surface area (Å²) in [7, 11) is 1.78. The predicted molar refractivity (Wildman–Crippen MR) is 62.4 cm³/mol. The van der Waals surface area contributed by atoms with Crippen LogP contribution in [0.4, 0.5) is 0 Å². The highest BCUT2D eigenvalue weighted by Gasteiger charge is 1.91. The summed E-state index contributed by atoms with van der Waals surface area (Å²) in [6.07, 6.45) is 1.85. The van der Waals surface area contributed by atoms with Crippen LogP contribution in [0.2, 0.25) is 0 Å². The normalized spacial score (nSPS) is 10.5. The van der Waals surface area contributed by atoms with Crippen molar-refractivity contribution in [3.05, 3.63) is 35.4 Å². The average molecular weight is 188 g/mol. The molecule has 0 N–H and O–H groups in total. The molecule has 0 saturated heterocycles. The van der Waals surface area contributed by atoms with Crippen molar-refractivity contribution in [2.45, 2.75) is 20.4 Å². The fourth-order valence-corrected chi connectivity index (χ4v) is 1.11. The topological polar surface area (TPSA) is 24.7 Å². The van der Waals surface area contributed by atoms with Crippen LogP contribution in [0.1, 0.15) is 25.0 Å². The summed E-state index contributed by atoms with van der Waals surface area (Å²) >= 11 is 0. The van der Waals surface area contributed by atoms with Crippen LogP contribution >= 0.6 is 0 Å². The molecule has 0 heterocycles. The minimum absolute atomic E-state index is 0.770. The van der Waals surface area contributed by atoms with Crippen LogP contribution < -0.4 is 0 Å². The van der Waals surface area contributed by atoms with Crippen LogP contribution in [0.25, 0.3) is 0 Å². The third-order valence-corrected chi connectivity index (χ3v) is 1.84. The molecule has 74 valence electrons. The quantitative estimate of drug-likeness (QED) is 0.652. The molecule has 0 radical (unpaired) electrons. The molecule has 0 aliphatic carbocycles. The van der Waals surface area contributed by atoms with Gasteiger partial charge in [0.15, 0.2) is 0 Å². The molecular weight excluding hydrogens is 172 g/mol. The van der Waals surface area contributed by atoms with E-state index in [1.54, 1.807) is 7.05 Å². The van der Waals surface area contributed by atoms with E-state index in [0.717, 1.165) is 17.8 Å². The molecule has 14 heavy (non-hydrogen) atoms. The van der Waals surface area contributed by atoms with E-state index in [0.29, 0.717) is 0 Å². The lowest BCUT2D eigenvalue weighted by Gasteiger charge is -1.98. The second-order valence-corrected chi connectivity index (χ2v) is 3.39. The molecule has 0 aliphatic rings. The summed E-state index contributed by atoms with van der Waals surface area (Å²) in [5, 5.41) is 0. The van der Waals surface area contributed by atoms with Crippen LogP contribution in [0.5, 0.6) is 0 Å². The van der Waals surface area contributed by atoms with Crippen LogP contribution in [0.3, 0.4) is 0 Å². The molecule has 0 amide bonds. The van der Waals surface area contributed by atoms with Crippen molar-refractivity contribution in [2.24, 2.45) is 9.98 Å². The molecule has 0 aromatic heterocycles.